The minimum atomic E-state index is -4.46. The summed E-state index contributed by atoms with van der Waals surface area (Å²) in [5.41, 5.74) is 0.907. The number of imidazole rings is 1. The lowest BCUT2D eigenvalue weighted by atomic mass is 9.98. The number of nitrogens with zero attached hydrogens (tertiary/aromatic N) is 4. The SMILES string of the molecule is CCn1c(C(NC(=O)c2cnc(C)cn2)[C@H]2CCOC2)nc2cc(C(F)(F)F)ccc21. The van der Waals surface area contributed by atoms with Gasteiger partial charge in [-0.3, -0.25) is 9.78 Å². The van der Waals surface area contributed by atoms with Crippen molar-refractivity contribution in [3.63, 3.8) is 0 Å². The first-order valence-electron chi connectivity index (χ1n) is 10.0. The average Bonchev–Trinajstić information content (AvgIpc) is 3.39. The van der Waals surface area contributed by atoms with Crippen molar-refractivity contribution >= 4 is 16.9 Å². The topological polar surface area (TPSA) is 81.9 Å². The fraction of sp³-hybridized carbons (Fsp3) is 0.429. The van der Waals surface area contributed by atoms with E-state index in [-0.39, 0.29) is 17.1 Å². The summed E-state index contributed by atoms with van der Waals surface area (Å²) in [5.74, 6) is 0.0161. The summed E-state index contributed by atoms with van der Waals surface area (Å²) in [6, 6.07) is 2.97. The molecule has 31 heavy (non-hydrogen) atoms. The van der Waals surface area contributed by atoms with Crippen molar-refractivity contribution in [2.24, 2.45) is 5.92 Å². The molecular weight excluding hydrogens is 411 g/mol. The predicted octanol–water partition coefficient (Wildman–Crippen LogP) is 3.68. The van der Waals surface area contributed by atoms with Crippen molar-refractivity contribution < 1.29 is 22.7 Å². The number of hydrogen-bond acceptors (Lipinski definition) is 5. The third-order valence-electron chi connectivity index (χ3n) is 5.44. The number of rotatable bonds is 5. The number of carbonyl (C=O) groups is 1. The lowest BCUT2D eigenvalue weighted by molar-refractivity contribution is -0.137. The number of hydrogen-bond donors (Lipinski definition) is 1. The van der Waals surface area contributed by atoms with Crippen LogP contribution in [0.5, 0.6) is 0 Å². The van der Waals surface area contributed by atoms with Gasteiger partial charge in [0.15, 0.2) is 0 Å². The molecule has 3 heterocycles. The van der Waals surface area contributed by atoms with Gasteiger partial charge in [-0.15, -0.1) is 0 Å². The first kappa shape index (κ1) is 21.2. The van der Waals surface area contributed by atoms with Gasteiger partial charge in [0, 0.05) is 25.3 Å². The second-order valence-corrected chi connectivity index (χ2v) is 7.53. The number of halogens is 3. The van der Waals surface area contributed by atoms with Crippen molar-refractivity contribution in [2.75, 3.05) is 13.2 Å². The van der Waals surface area contributed by atoms with Gasteiger partial charge in [-0.1, -0.05) is 0 Å². The van der Waals surface area contributed by atoms with E-state index < -0.39 is 23.7 Å². The quantitative estimate of drug-likeness (QED) is 0.664. The van der Waals surface area contributed by atoms with Gasteiger partial charge in [0.1, 0.15) is 11.5 Å². The number of aryl methyl sites for hydroxylation is 2. The van der Waals surface area contributed by atoms with Crippen molar-refractivity contribution in [3.8, 4) is 0 Å². The van der Waals surface area contributed by atoms with Gasteiger partial charge >= 0.3 is 6.18 Å². The van der Waals surface area contributed by atoms with Crippen LogP contribution in [0.3, 0.4) is 0 Å². The van der Waals surface area contributed by atoms with Gasteiger partial charge in [0.05, 0.1) is 41.1 Å². The van der Waals surface area contributed by atoms with Crippen LogP contribution in [0.15, 0.2) is 30.6 Å². The minimum Gasteiger partial charge on any atom is -0.381 e. The molecule has 164 valence electrons. The number of benzene rings is 1. The van der Waals surface area contributed by atoms with Crippen LogP contribution in [0.4, 0.5) is 13.2 Å². The molecule has 1 fully saturated rings. The first-order valence-corrected chi connectivity index (χ1v) is 10.0. The lowest BCUT2D eigenvalue weighted by Gasteiger charge is -2.24. The van der Waals surface area contributed by atoms with Gasteiger partial charge < -0.3 is 14.6 Å². The molecule has 0 aliphatic carbocycles. The van der Waals surface area contributed by atoms with Crippen LogP contribution < -0.4 is 5.32 Å². The van der Waals surface area contributed by atoms with E-state index in [1.165, 1.54) is 18.5 Å². The Morgan fingerprint density at radius 1 is 1.32 bits per heavy atom. The zero-order chi connectivity index (χ0) is 22.2. The van der Waals surface area contributed by atoms with Crippen LogP contribution in [0, 0.1) is 12.8 Å². The van der Waals surface area contributed by atoms with E-state index >= 15 is 0 Å². The fourth-order valence-electron chi connectivity index (χ4n) is 3.83. The minimum absolute atomic E-state index is 0.0634. The summed E-state index contributed by atoms with van der Waals surface area (Å²) in [7, 11) is 0. The number of fused-ring (bicyclic) bond motifs is 1. The Kier molecular flexibility index (Phi) is 5.65. The molecule has 0 saturated carbocycles. The second kappa shape index (κ2) is 8.26. The molecule has 1 N–H and O–H groups in total. The number of carbonyl (C=O) groups excluding carboxylic acids is 1. The first-order chi connectivity index (χ1) is 14.8. The molecule has 1 aliphatic heterocycles. The van der Waals surface area contributed by atoms with Gasteiger partial charge in [0.25, 0.3) is 5.91 Å². The Morgan fingerprint density at radius 2 is 2.13 bits per heavy atom. The molecule has 0 spiro atoms. The van der Waals surface area contributed by atoms with Crippen molar-refractivity contribution in [1.82, 2.24) is 24.8 Å². The fourth-order valence-corrected chi connectivity index (χ4v) is 3.83. The van der Waals surface area contributed by atoms with Crippen LogP contribution in [0.1, 0.15) is 47.0 Å². The standard InChI is InChI=1S/C21H22F3N5O2/c1-3-29-17-5-4-14(21(22,23)24)8-15(17)27-19(29)18(13-6-7-31-11-13)28-20(30)16-10-25-12(2)9-26-16/h4-5,8-10,13,18H,3,6-7,11H2,1-2H3,(H,28,30)/t13-,18?/m0/s1. The van der Waals surface area contributed by atoms with Crippen LogP contribution in [0.2, 0.25) is 0 Å². The zero-order valence-corrected chi connectivity index (χ0v) is 17.1. The maximum Gasteiger partial charge on any atom is 0.416 e. The molecule has 10 heteroatoms. The maximum atomic E-state index is 13.2. The maximum absolute atomic E-state index is 13.2. The number of ether oxygens (including phenoxy) is 1. The van der Waals surface area contributed by atoms with Crippen molar-refractivity contribution in [1.29, 1.82) is 0 Å². The molecule has 7 nitrogen and oxygen atoms in total. The smallest absolute Gasteiger partial charge is 0.381 e. The Balaban J connectivity index is 1.75. The molecule has 4 rings (SSSR count). The second-order valence-electron chi connectivity index (χ2n) is 7.53. The van der Waals surface area contributed by atoms with E-state index in [2.05, 4.69) is 20.3 Å². The summed E-state index contributed by atoms with van der Waals surface area (Å²) in [6.07, 6.45) is -0.861. The molecule has 1 aromatic carbocycles. The molecule has 1 amide bonds. The molecule has 1 aliphatic rings. The Bertz CT molecular complexity index is 1090. The summed E-state index contributed by atoms with van der Waals surface area (Å²) in [4.78, 5) is 25.6. The van der Waals surface area contributed by atoms with E-state index in [0.717, 1.165) is 12.1 Å². The highest BCUT2D eigenvalue weighted by atomic mass is 19.4. The van der Waals surface area contributed by atoms with Crippen molar-refractivity contribution in [3.05, 3.63) is 53.4 Å². The third kappa shape index (κ3) is 4.25. The van der Waals surface area contributed by atoms with E-state index in [1.807, 2.05) is 11.5 Å². The Labute approximate surface area is 176 Å². The van der Waals surface area contributed by atoms with Gasteiger partial charge in [-0.2, -0.15) is 13.2 Å². The summed E-state index contributed by atoms with van der Waals surface area (Å²) in [6.45, 7) is 5.11. The largest absolute Gasteiger partial charge is 0.416 e. The molecule has 1 unspecified atom stereocenters. The number of aromatic nitrogens is 4. The number of nitrogens with one attached hydrogen (secondary N) is 1. The molecule has 0 radical (unpaired) electrons. The third-order valence-corrected chi connectivity index (χ3v) is 5.44. The summed E-state index contributed by atoms with van der Waals surface area (Å²) < 4.78 is 46.9. The van der Waals surface area contributed by atoms with Crippen LogP contribution in [-0.2, 0) is 17.5 Å². The molecular formula is C21H22F3N5O2. The summed E-state index contributed by atoms with van der Waals surface area (Å²) >= 11 is 0. The van der Waals surface area contributed by atoms with Gasteiger partial charge in [-0.05, 0) is 38.5 Å². The Hall–Kier alpha value is -3.01. The molecule has 1 saturated heterocycles. The van der Waals surface area contributed by atoms with Gasteiger partial charge in [-0.25, -0.2) is 9.97 Å². The number of amides is 1. The average molecular weight is 433 g/mol. The predicted molar refractivity (Wildman–Crippen MR) is 106 cm³/mol. The summed E-state index contributed by atoms with van der Waals surface area (Å²) in [5, 5.41) is 2.96. The van der Waals surface area contributed by atoms with Gasteiger partial charge in [0.2, 0.25) is 0 Å². The molecule has 3 aromatic rings. The van der Waals surface area contributed by atoms with Crippen LogP contribution >= 0.6 is 0 Å². The van der Waals surface area contributed by atoms with E-state index in [0.29, 0.717) is 43.2 Å². The van der Waals surface area contributed by atoms with Crippen LogP contribution in [0.25, 0.3) is 11.0 Å². The normalized spacial score (nSPS) is 17.8. The highest BCUT2D eigenvalue weighted by Gasteiger charge is 2.34. The molecule has 2 atom stereocenters. The van der Waals surface area contributed by atoms with E-state index in [1.54, 1.807) is 6.92 Å². The van der Waals surface area contributed by atoms with E-state index in [4.69, 9.17) is 4.74 Å². The Morgan fingerprint density at radius 3 is 2.74 bits per heavy atom. The zero-order valence-electron chi connectivity index (χ0n) is 17.1. The number of alkyl halides is 3. The van der Waals surface area contributed by atoms with E-state index in [9.17, 15) is 18.0 Å². The molecule has 2 aromatic heterocycles. The molecule has 0 bridgehead atoms. The highest BCUT2D eigenvalue weighted by Crippen LogP contribution is 2.34. The van der Waals surface area contributed by atoms with Crippen molar-refractivity contribution in [2.45, 2.75) is 39.0 Å². The monoisotopic (exact) mass is 433 g/mol. The van der Waals surface area contributed by atoms with Crippen LogP contribution in [-0.4, -0.2) is 38.6 Å². The highest BCUT2D eigenvalue weighted by molar-refractivity contribution is 5.92. The lowest BCUT2D eigenvalue weighted by Crippen LogP contribution is -2.36.